The molecule has 0 aliphatic carbocycles. The second-order valence-corrected chi connectivity index (χ2v) is 6.65. The molecule has 1 aromatic rings. The molecule has 0 heterocycles. The molecule has 0 fully saturated rings. The number of nitrogens with zero attached hydrogens (tertiary/aromatic N) is 1. The zero-order chi connectivity index (χ0) is 16.0. The van der Waals surface area contributed by atoms with Crippen LogP contribution in [-0.2, 0) is 15.3 Å². The van der Waals surface area contributed by atoms with Crippen LogP contribution in [0.4, 0.5) is 4.39 Å². The standard InChI is InChI=1S/C15H20FNO3S/c1-15(2,3)17(8-14(19)20)13(18)10-21-9-11-4-6-12(16)7-5-11/h4-7H,8-10H2,1-3H3,(H,19,20). The van der Waals surface area contributed by atoms with Crippen molar-refractivity contribution < 1.29 is 19.1 Å². The Hall–Kier alpha value is -1.56. The van der Waals surface area contributed by atoms with Gasteiger partial charge < -0.3 is 10.0 Å². The van der Waals surface area contributed by atoms with E-state index in [-0.39, 0.29) is 24.0 Å². The van der Waals surface area contributed by atoms with Crippen LogP contribution in [0.3, 0.4) is 0 Å². The Labute approximate surface area is 128 Å². The Bertz CT molecular complexity index is 497. The fraction of sp³-hybridized carbons (Fsp3) is 0.467. The normalized spacial score (nSPS) is 11.2. The van der Waals surface area contributed by atoms with Crippen LogP contribution in [0.25, 0.3) is 0 Å². The molecule has 4 nitrogen and oxygen atoms in total. The topological polar surface area (TPSA) is 57.6 Å². The monoisotopic (exact) mass is 313 g/mol. The Morgan fingerprint density at radius 2 is 1.81 bits per heavy atom. The average Bonchev–Trinajstić information content (AvgIpc) is 2.36. The van der Waals surface area contributed by atoms with E-state index in [4.69, 9.17) is 5.11 Å². The lowest BCUT2D eigenvalue weighted by Gasteiger charge is -2.34. The number of carbonyl (C=O) groups excluding carboxylic acids is 1. The predicted molar refractivity (Wildman–Crippen MR) is 81.7 cm³/mol. The van der Waals surface area contributed by atoms with E-state index in [1.807, 2.05) is 0 Å². The van der Waals surface area contributed by atoms with Gasteiger partial charge in [-0.2, -0.15) is 0 Å². The van der Waals surface area contributed by atoms with E-state index in [0.29, 0.717) is 5.75 Å². The molecule has 0 unspecified atom stereocenters. The van der Waals surface area contributed by atoms with Crippen molar-refractivity contribution in [3.05, 3.63) is 35.6 Å². The number of benzene rings is 1. The van der Waals surface area contributed by atoms with Gasteiger partial charge in [0.15, 0.2) is 0 Å². The molecule has 116 valence electrons. The number of halogens is 1. The Morgan fingerprint density at radius 3 is 2.29 bits per heavy atom. The lowest BCUT2D eigenvalue weighted by atomic mass is 10.1. The summed E-state index contributed by atoms with van der Waals surface area (Å²) in [6.07, 6.45) is 0. The first kappa shape index (κ1) is 17.5. The molecule has 21 heavy (non-hydrogen) atoms. The molecule has 0 aromatic heterocycles. The van der Waals surface area contributed by atoms with Crippen molar-refractivity contribution in [2.45, 2.75) is 32.1 Å². The van der Waals surface area contributed by atoms with Crippen LogP contribution < -0.4 is 0 Å². The van der Waals surface area contributed by atoms with Gasteiger partial charge in [-0.05, 0) is 38.5 Å². The molecule has 0 radical (unpaired) electrons. The van der Waals surface area contributed by atoms with Crippen molar-refractivity contribution in [2.75, 3.05) is 12.3 Å². The Morgan fingerprint density at radius 1 is 1.24 bits per heavy atom. The maximum atomic E-state index is 12.8. The number of carboxylic acid groups (broad SMARTS) is 1. The molecular weight excluding hydrogens is 293 g/mol. The SMILES string of the molecule is CC(C)(C)N(CC(=O)O)C(=O)CSCc1ccc(F)cc1. The molecule has 0 saturated carbocycles. The number of amides is 1. The van der Waals surface area contributed by atoms with Gasteiger partial charge in [0.1, 0.15) is 12.4 Å². The zero-order valence-corrected chi connectivity index (χ0v) is 13.2. The van der Waals surface area contributed by atoms with Crippen LogP contribution >= 0.6 is 11.8 Å². The summed E-state index contributed by atoms with van der Waals surface area (Å²) in [5.74, 6) is -0.752. The Balaban J connectivity index is 2.54. The highest BCUT2D eigenvalue weighted by Gasteiger charge is 2.27. The van der Waals surface area contributed by atoms with E-state index < -0.39 is 11.5 Å². The molecule has 6 heteroatoms. The summed E-state index contributed by atoms with van der Waals surface area (Å²) in [6.45, 7) is 5.11. The van der Waals surface area contributed by atoms with Gasteiger partial charge in [0.2, 0.25) is 5.91 Å². The van der Waals surface area contributed by atoms with Gasteiger partial charge in [-0.3, -0.25) is 9.59 Å². The molecule has 0 aliphatic rings. The van der Waals surface area contributed by atoms with Crippen LogP contribution in [0.5, 0.6) is 0 Å². The number of aliphatic carboxylic acids is 1. The van der Waals surface area contributed by atoms with Crippen molar-refractivity contribution in [1.29, 1.82) is 0 Å². The van der Waals surface area contributed by atoms with Crippen molar-refractivity contribution in [1.82, 2.24) is 4.90 Å². The fourth-order valence-corrected chi connectivity index (χ4v) is 2.61. The van der Waals surface area contributed by atoms with E-state index in [1.54, 1.807) is 32.9 Å². The van der Waals surface area contributed by atoms with Gasteiger partial charge in [-0.15, -0.1) is 11.8 Å². The summed E-state index contributed by atoms with van der Waals surface area (Å²) in [7, 11) is 0. The maximum absolute atomic E-state index is 12.8. The first-order valence-corrected chi connectivity index (χ1v) is 7.70. The largest absolute Gasteiger partial charge is 0.480 e. The Kier molecular flexibility index (Phi) is 6.20. The van der Waals surface area contributed by atoms with Gasteiger partial charge >= 0.3 is 5.97 Å². The van der Waals surface area contributed by atoms with E-state index in [2.05, 4.69) is 0 Å². The van der Waals surface area contributed by atoms with Gasteiger partial charge in [0.05, 0.1) is 5.75 Å². The van der Waals surface area contributed by atoms with E-state index in [1.165, 1.54) is 28.8 Å². The quantitative estimate of drug-likeness (QED) is 0.877. The molecule has 1 N–H and O–H groups in total. The number of rotatable bonds is 6. The smallest absolute Gasteiger partial charge is 0.323 e. The van der Waals surface area contributed by atoms with Crippen molar-refractivity contribution in [3.63, 3.8) is 0 Å². The van der Waals surface area contributed by atoms with E-state index >= 15 is 0 Å². The first-order valence-electron chi connectivity index (χ1n) is 6.54. The molecule has 1 rings (SSSR count). The number of thioether (sulfide) groups is 1. The van der Waals surface area contributed by atoms with Gasteiger partial charge in [-0.25, -0.2) is 4.39 Å². The highest BCUT2D eigenvalue weighted by molar-refractivity contribution is 7.99. The minimum Gasteiger partial charge on any atom is -0.480 e. The molecule has 0 saturated heterocycles. The van der Waals surface area contributed by atoms with Crippen LogP contribution in [0.2, 0.25) is 0 Å². The van der Waals surface area contributed by atoms with Crippen LogP contribution in [0.15, 0.2) is 24.3 Å². The van der Waals surface area contributed by atoms with Gasteiger partial charge in [0.25, 0.3) is 0 Å². The maximum Gasteiger partial charge on any atom is 0.323 e. The number of carbonyl (C=O) groups is 2. The zero-order valence-electron chi connectivity index (χ0n) is 12.4. The third-order valence-corrected chi connectivity index (χ3v) is 3.80. The summed E-state index contributed by atoms with van der Waals surface area (Å²) in [5.41, 5.74) is 0.390. The summed E-state index contributed by atoms with van der Waals surface area (Å²) in [6, 6.07) is 6.10. The lowest BCUT2D eigenvalue weighted by molar-refractivity contribution is -0.146. The molecule has 0 spiro atoms. The molecule has 0 bridgehead atoms. The third kappa shape index (κ3) is 6.16. The molecule has 0 atom stereocenters. The van der Waals surface area contributed by atoms with Crippen LogP contribution in [0.1, 0.15) is 26.3 Å². The van der Waals surface area contributed by atoms with Gasteiger partial charge in [-0.1, -0.05) is 12.1 Å². The van der Waals surface area contributed by atoms with Crippen molar-refractivity contribution >= 4 is 23.6 Å². The number of hydrogen-bond acceptors (Lipinski definition) is 3. The summed E-state index contributed by atoms with van der Waals surface area (Å²) in [4.78, 5) is 24.4. The lowest BCUT2D eigenvalue weighted by Crippen LogP contribution is -2.49. The average molecular weight is 313 g/mol. The molecular formula is C15H20FNO3S. The second kappa shape index (κ2) is 7.45. The second-order valence-electron chi connectivity index (χ2n) is 5.66. The predicted octanol–water partition coefficient (Wildman–Crippen LogP) is 2.77. The van der Waals surface area contributed by atoms with E-state index in [9.17, 15) is 14.0 Å². The minimum atomic E-state index is -1.03. The fourth-order valence-electron chi connectivity index (χ4n) is 1.75. The van der Waals surface area contributed by atoms with Crippen LogP contribution in [0, 0.1) is 5.82 Å². The summed E-state index contributed by atoms with van der Waals surface area (Å²) in [5, 5.41) is 8.89. The minimum absolute atomic E-state index is 0.196. The highest BCUT2D eigenvalue weighted by atomic mass is 32.2. The molecule has 1 aromatic carbocycles. The number of carboxylic acids is 1. The van der Waals surface area contributed by atoms with E-state index in [0.717, 1.165) is 5.56 Å². The third-order valence-electron chi connectivity index (χ3n) is 2.81. The van der Waals surface area contributed by atoms with Crippen LogP contribution in [-0.4, -0.2) is 39.7 Å². The van der Waals surface area contributed by atoms with Crippen molar-refractivity contribution in [2.24, 2.45) is 0 Å². The highest BCUT2D eigenvalue weighted by Crippen LogP contribution is 2.18. The molecule has 1 amide bonds. The van der Waals surface area contributed by atoms with Gasteiger partial charge in [0, 0.05) is 11.3 Å². The molecule has 0 aliphatic heterocycles. The first-order chi connectivity index (χ1) is 9.70. The van der Waals surface area contributed by atoms with Crippen molar-refractivity contribution in [3.8, 4) is 0 Å². The summed E-state index contributed by atoms with van der Waals surface area (Å²) >= 11 is 1.39. The summed E-state index contributed by atoms with van der Waals surface area (Å²) < 4.78 is 12.8. The number of hydrogen-bond donors (Lipinski definition) is 1.